The molecule has 2 aliphatic carbocycles. The van der Waals surface area contributed by atoms with E-state index in [9.17, 15) is 9.18 Å². The Bertz CT molecular complexity index is 858. The third-order valence-corrected chi connectivity index (χ3v) is 5.94. The van der Waals surface area contributed by atoms with Crippen molar-refractivity contribution in [1.29, 1.82) is 0 Å². The highest BCUT2D eigenvalue weighted by molar-refractivity contribution is 6.02. The summed E-state index contributed by atoms with van der Waals surface area (Å²) in [6.07, 6.45) is 7.60. The maximum absolute atomic E-state index is 14.9. The largest absolute Gasteiger partial charge is 0.490 e. The van der Waals surface area contributed by atoms with E-state index in [4.69, 9.17) is 4.74 Å². The second-order valence-electron chi connectivity index (χ2n) is 7.74. The van der Waals surface area contributed by atoms with Crippen molar-refractivity contribution in [3.63, 3.8) is 0 Å². The van der Waals surface area contributed by atoms with Crippen LogP contribution >= 0.6 is 0 Å². The Morgan fingerprint density at radius 1 is 1.04 bits per heavy atom. The van der Waals surface area contributed by atoms with Gasteiger partial charge in [0.25, 0.3) is 5.91 Å². The van der Waals surface area contributed by atoms with Gasteiger partial charge in [-0.25, -0.2) is 9.82 Å². The summed E-state index contributed by atoms with van der Waals surface area (Å²) < 4.78 is 21.2. The van der Waals surface area contributed by atoms with Crippen LogP contribution in [0, 0.1) is 5.82 Å². The van der Waals surface area contributed by atoms with Crippen LogP contribution in [0.3, 0.4) is 0 Å². The van der Waals surface area contributed by atoms with Crippen LogP contribution in [-0.4, -0.2) is 19.1 Å². The number of nitrogens with one attached hydrogen (secondary N) is 2. The minimum atomic E-state index is -0.252. The summed E-state index contributed by atoms with van der Waals surface area (Å²) in [5, 5.41) is 0. The molecule has 0 radical (unpaired) electrons. The van der Waals surface area contributed by atoms with Crippen molar-refractivity contribution in [2.24, 2.45) is 0 Å². The van der Waals surface area contributed by atoms with Crippen LogP contribution in [0.4, 0.5) is 4.39 Å². The molecule has 0 heterocycles. The zero-order valence-electron chi connectivity index (χ0n) is 16.3. The highest BCUT2D eigenvalue weighted by atomic mass is 19.1. The molecule has 0 unspecified atom stereocenters. The maximum atomic E-state index is 14.9. The number of hydrogen-bond acceptors (Lipinski definition) is 3. The molecular weight excluding hydrogens is 355 g/mol. The zero-order valence-corrected chi connectivity index (χ0v) is 16.3. The van der Waals surface area contributed by atoms with Crippen LogP contribution in [0.2, 0.25) is 0 Å². The first-order valence-electron chi connectivity index (χ1n) is 10.2. The number of carbonyl (C=O) groups excluding carboxylic acids is 1. The Morgan fingerprint density at radius 3 is 2.46 bits per heavy atom. The summed E-state index contributed by atoms with van der Waals surface area (Å²) in [5.74, 6) is 0.425. The van der Waals surface area contributed by atoms with Crippen LogP contribution in [0.5, 0.6) is 5.75 Å². The topological polar surface area (TPSA) is 50.4 Å². The molecule has 4 rings (SSSR count). The van der Waals surface area contributed by atoms with E-state index in [1.54, 1.807) is 19.2 Å². The van der Waals surface area contributed by atoms with Gasteiger partial charge in [-0.05, 0) is 73.8 Å². The molecule has 0 saturated heterocycles. The van der Waals surface area contributed by atoms with Gasteiger partial charge in [-0.2, -0.15) is 0 Å². The van der Waals surface area contributed by atoms with Crippen molar-refractivity contribution in [2.75, 3.05) is 7.05 Å². The van der Waals surface area contributed by atoms with E-state index in [2.05, 4.69) is 10.9 Å². The van der Waals surface area contributed by atoms with E-state index in [0.29, 0.717) is 16.9 Å². The first-order valence-corrected chi connectivity index (χ1v) is 10.2. The number of hydrazine groups is 1. The van der Waals surface area contributed by atoms with Gasteiger partial charge in [0.15, 0.2) is 0 Å². The molecule has 2 fully saturated rings. The van der Waals surface area contributed by atoms with E-state index in [1.807, 2.05) is 18.2 Å². The lowest BCUT2D eigenvalue weighted by Crippen LogP contribution is -2.34. The minimum absolute atomic E-state index is 0.155. The maximum Gasteiger partial charge on any atom is 0.266 e. The molecule has 0 spiro atoms. The number of amides is 1. The first kappa shape index (κ1) is 18.9. The summed E-state index contributed by atoms with van der Waals surface area (Å²) >= 11 is 0. The number of benzene rings is 2. The van der Waals surface area contributed by atoms with Crippen LogP contribution < -0.4 is 15.6 Å². The molecular formula is C23H27FN2O2. The lowest BCUT2D eigenvalue weighted by molar-refractivity contribution is 0.0938. The third-order valence-electron chi connectivity index (χ3n) is 5.94. The van der Waals surface area contributed by atoms with Crippen molar-refractivity contribution in [2.45, 2.75) is 57.0 Å². The fourth-order valence-corrected chi connectivity index (χ4v) is 4.33. The Kier molecular flexibility index (Phi) is 5.62. The van der Waals surface area contributed by atoms with Crippen molar-refractivity contribution in [1.82, 2.24) is 10.9 Å². The summed E-state index contributed by atoms with van der Waals surface area (Å²) in [5.41, 5.74) is 8.03. The van der Waals surface area contributed by atoms with Crippen LogP contribution in [0.25, 0.3) is 11.1 Å². The monoisotopic (exact) mass is 382 g/mol. The molecule has 2 N–H and O–H groups in total. The highest BCUT2D eigenvalue weighted by Crippen LogP contribution is 2.46. The fraction of sp³-hybridized carbons (Fsp3) is 0.435. The van der Waals surface area contributed by atoms with Gasteiger partial charge < -0.3 is 4.74 Å². The fourth-order valence-electron chi connectivity index (χ4n) is 4.33. The lowest BCUT2D eigenvalue weighted by Gasteiger charge is -2.29. The first-order chi connectivity index (χ1) is 13.7. The van der Waals surface area contributed by atoms with Gasteiger partial charge in [-0.3, -0.25) is 10.2 Å². The molecule has 1 amide bonds. The second-order valence-corrected chi connectivity index (χ2v) is 7.74. The van der Waals surface area contributed by atoms with E-state index in [1.165, 1.54) is 6.07 Å². The van der Waals surface area contributed by atoms with Gasteiger partial charge in [0.05, 0.1) is 11.7 Å². The Morgan fingerprint density at radius 2 is 1.79 bits per heavy atom. The predicted octanol–water partition coefficient (Wildman–Crippen LogP) is 4.95. The van der Waals surface area contributed by atoms with Crippen molar-refractivity contribution >= 4 is 5.91 Å². The molecule has 2 aliphatic rings. The van der Waals surface area contributed by atoms with Gasteiger partial charge in [0.1, 0.15) is 11.6 Å². The van der Waals surface area contributed by atoms with E-state index < -0.39 is 0 Å². The van der Waals surface area contributed by atoms with Gasteiger partial charge in [-0.1, -0.05) is 24.6 Å². The smallest absolute Gasteiger partial charge is 0.266 e. The van der Waals surface area contributed by atoms with Crippen molar-refractivity contribution in [3.05, 3.63) is 53.3 Å². The van der Waals surface area contributed by atoms with E-state index in [-0.39, 0.29) is 23.7 Å². The van der Waals surface area contributed by atoms with Gasteiger partial charge in [-0.15, -0.1) is 0 Å². The summed E-state index contributed by atoms with van der Waals surface area (Å²) in [4.78, 5) is 12.8. The molecule has 2 aromatic rings. The molecule has 148 valence electrons. The molecule has 4 nitrogen and oxygen atoms in total. The molecule has 28 heavy (non-hydrogen) atoms. The van der Waals surface area contributed by atoms with Crippen LogP contribution in [0.1, 0.15) is 66.8 Å². The summed E-state index contributed by atoms with van der Waals surface area (Å²) in [6.45, 7) is 0. The number of hydrogen-bond donors (Lipinski definition) is 2. The summed E-state index contributed by atoms with van der Waals surface area (Å²) in [6, 6.07) is 10.7. The third kappa shape index (κ3) is 3.63. The average molecular weight is 382 g/mol. The predicted molar refractivity (Wildman–Crippen MR) is 108 cm³/mol. The number of halogens is 1. The zero-order chi connectivity index (χ0) is 19.5. The normalized spacial score (nSPS) is 17.4. The van der Waals surface area contributed by atoms with Crippen molar-refractivity contribution < 1.29 is 13.9 Å². The molecule has 2 aromatic carbocycles. The quantitative estimate of drug-likeness (QED) is 0.696. The molecule has 0 bridgehead atoms. The van der Waals surface area contributed by atoms with Crippen LogP contribution in [-0.2, 0) is 0 Å². The lowest BCUT2D eigenvalue weighted by atomic mass is 9.76. The molecule has 0 aliphatic heterocycles. The highest BCUT2D eigenvalue weighted by Gasteiger charge is 2.29. The van der Waals surface area contributed by atoms with Gasteiger partial charge >= 0.3 is 0 Å². The molecule has 2 saturated carbocycles. The Labute approximate surface area is 165 Å². The number of carbonyl (C=O) groups is 1. The average Bonchev–Trinajstić information content (AvgIpc) is 3.15. The molecule has 0 atom stereocenters. The minimum Gasteiger partial charge on any atom is -0.490 e. The molecule has 5 heteroatoms. The molecule has 0 aromatic heterocycles. The van der Waals surface area contributed by atoms with Gasteiger partial charge in [0, 0.05) is 12.6 Å². The number of rotatable bonds is 6. The Hall–Kier alpha value is -2.40. The SMILES string of the molecule is CNNC(=O)c1cccc(OC2CCCC2)c1-c1cccc(F)c1C1CCC1. The van der Waals surface area contributed by atoms with E-state index >= 15 is 0 Å². The summed E-state index contributed by atoms with van der Waals surface area (Å²) in [7, 11) is 1.65. The van der Waals surface area contributed by atoms with Gasteiger partial charge in [0.2, 0.25) is 0 Å². The van der Waals surface area contributed by atoms with Crippen molar-refractivity contribution in [3.8, 4) is 16.9 Å². The number of ether oxygens (including phenoxy) is 1. The Balaban J connectivity index is 1.86. The standard InChI is InChI=1S/C23H27FN2O2/c1-25-26-23(27)18-12-6-14-20(28-16-9-2-3-10-16)22(18)17-11-5-13-19(24)21(17)15-7-4-8-15/h5-6,11-16,25H,2-4,7-10H2,1H3,(H,26,27). The second kappa shape index (κ2) is 8.31. The van der Waals surface area contributed by atoms with E-state index in [0.717, 1.165) is 56.1 Å². The van der Waals surface area contributed by atoms with Crippen LogP contribution in [0.15, 0.2) is 36.4 Å².